The van der Waals surface area contributed by atoms with Gasteiger partial charge in [-0.15, -0.1) is 11.3 Å². The SMILES string of the molecule is CC1(C)NCC1c1csc2ccccc12. The monoisotopic (exact) mass is 217 g/mol. The lowest BCUT2D eigenvalue weighted by Gasteiger charge is -2.46. The van der Waals surface area contributed by atoms with Gasteiger partial charge >= 0.3 is 0 Å². The Morgan fingerprint density at radius 2 is 2.13 bits per heavy atom. The smallest absolute Gasteiger partial charge is 0.0345 e. The summed E-state index contributed by atoms with van der Waals surface area (Å²) in [7, 11) is 0. The predicted molar refractivity (Wildman–Crippen MR) is 66.6 cm³/mol. The molecule has 1 saturated heterocycles. The van der Waals surface area contributed by atoms with Crippen LogP contribution in [0.3, 0.4) is 0 Å². The van der Waals surface area contributed by atoms with Gasteiger partial charge in [-0.1, -0.05) is 18.2 Å². The number of hydrogen-bond donors (Lipinski definition) is 1. The Kier molecular flexibility index (Phi) is 1.91. The molecule has 1 aliphatic heterocycles. The Balaban J connectivity index is 2.12. The minimum Gasteiger partial charge on any atom is -0.310 e. The summed E-state index contributed by atoms with van der Waals surface area (Å²) in [5, 5.41) is 7.27. The lowest BCUT2D eigenvalue weighted by Crippen LogP contribution is -2.59. The normalized spacial score (nSPS) is 24.0. The first kappa shape index (κ1) is 9.37. The molecule has 2 heteroatoms. The number of nitrogens with one attached hydrogen (secondary N) is 1. The lowest BCUT2D eigenvalue weighted by molar-refractivity contribution is 0.210. The van der Waals surface area contributed by atoms with Crippen LogP contribution in [0, 0.1) is 0 Å². The van der Waals surface area contributed by atoms with Crippen LogP contribution in [0.2, 0.25) is 0 Å². The van der Waals surface area contributed by atoms with Crippen LogP contribution in [0.1, 0.15) is 25.3 Å². The minimum absolute atomic E-state index is 0.268. The number of hydrogen-bond acceptors (Lipinski definition) is 2. The van der Waals surface area contributed by atoms with E-state index in [2.05, 4.69) is 48.8 Å². The molecule has 0 saturated carbocycles. The van der Waals surface area contributed by atoms with Gasteiger partial charge in [-0.3, -0.25) is 0 Å². The second-order valence-electron chi connectivity index (χ2n) is 4.84. The third-order valence-corrected chi connectivity index (χ3v) is 4.50. The first-order valence-corrected chi connectivity index (χ1v) is 6.27. The molecule has 0 aliphatic carbocycles. The first-order valence-electron chi connectivity index (χ1n) is 5.40. The van der Waals surface area contributed by atoms with E-state index in [-0.39, 0.29) is 5.54 Å². The number of thiophene rings is 1. The standard InChI is InChI=1S/C13H15NS/c1-13(2)11(7-14-13)10-8-15-12-6-4-3-5-9(10)12/h3-6,8,11,14H,7H2,1-2H3. The van der Waals surface area contributed by atoms with Crippen molar-refractivity contribution in [3.05, 3.63) is 35.2 Å². The van der Waals surface area contributed by atoms with Crippen LogP contribution in [0.25, 0.3) is 10.1 Å². The van der Waals surface area contributed by atoms with Crippen molar-refractivity contribution in [1.82, 2.24) is 5.32 Å². The van der Waals surface area contributed by atoms with Crippen LogP contribution in [0.4, 0.5) is 0 Å². The number of benzene rings is 1. The summed E-state index contributed by atoms with van der Waals surface area (Å²) >= 11 is 1.86. The second kappa shape index (κ2) is 3.06. The maximum Gasteiger partial charge on any atom is 0.0345 e. The van der Waals surface area contributed by atoms with Crippen molar-refractivity contribution in [2.45, 2.75) is 25.3 Å². The van der Waals surface area contributed by atoms with E-state index in [9.17, 15) is 0 Å². The van der Waals surface area contributed by atoms with Gasteiger partial charge < -0.3 is 5.32 Å². The lowest BCUT2D eigenvalue weighted by atomic mass is 9.75. The van der Waals surface area contributed by atoms with Gasteiger partial charge in [0.1, 0.15) is 0 Å². The summed E-state index contributed by atoms with van der Waals surface area (Å²) in [4.78, 5) is 0. The van der Waals surface area contributed by atoms with E-state index in [1.165, 1.54) is 15.6 Å². The maximum absolute atomic E-state index is 3.49. The quantitative estimate of drug-likeness (QED) is 0.772. The van der Waals surface area contributed by atoms with E-state index < -0.39 is 0 Å². The van der Waals surface area contributed by atoms with Crippen molar-refractivity contribution in [1.29, 1.82) is 0 Å². The first-order chi connectivity index (χ1) is 7.18. The number of rotatable bonds is 1. The van der Waals surface area contributed by atoms with E-state index >= 15 is 0 Å². The molecule has 2 aromatic rings. The van der Waals surface area contributed by atoms with E-state index in [0.29, 0.717) is 5.92 Å². The molecule has 2 heterocycles. The Morgan fingerprint density at radius 3 is 2.80 bits per heavy atom. The highest BCUT2D eigenvalue weighted by Gasteiger charge is 2.39. The van der Waals surface area contributed by atoms with Gasteiger partial charge in [0.15, 0.2) is 0 Å². The molecule has 1 unspecified atom stereocenters. The van der Waals surface area contributed by atoms with Crippen molar-refractivity contribution in [3.63, 3.8) is 0 Å². The van der Waals surface area contributed by atoms with Crippen molar-refractivity contribution >= 4 is 21.4 Å². The van der Waals surface area contributed by atoms with Gasteiger partial charge in [0, 0.05) is 22.7 Å². The maximum atomic E-state index is 3.49. The molecule has 1 fully saturated rings. The Morgan fingerprint density at radius 1 is 1.33 bits per heavy atom. The molecule has 15 heavy (non-hydrogen) atoms. The van der Waals surface area contributed by atoms with Crippen molar-refractivity contribution in [3.8, 4) is 0 Å². The van der Waals surface area contributed by atoms with E-state index in [1.807, 2.05) is 11.3 Å². The zero-order chi connectivity index (χ0) is 10.5. The molecule has 0 radical (unpaired) electrons. The fourth-order valence-electron chi connectivity index (χ4n) is 2.38. The molecule has 3 rings (SSSR count). The molecule has 1 aromatic carbocycles. The topological polar surface area (TPSA) is 12.0 Å². The van der Waals surface area contributed by atoms with Gasteiger partial charge in [0.2, 0.25) is 0 Å². The molecule has 1 aliphatic rings. The predicted octanol–water partition coefficient (Wildman–Crippen LogP) is 3.37. The van der Waals surface area contributed by atoms with Crippen LogP contribution < -0.4 is 5.32 Å². The van der Waals surface area contributed by atoms with Crippen LogP contribution >= 0.6 is 11.3 Å². The molecule has 1 nitrogen and oxygen atoms in total. The van der Waals surface area contributed by atoms with Crippen molar-refractivity contribution < 1.29 is 0 Å². The summed E-state index contributed by atoms with van der Waals surface area (Å²) in [5.74, 6) is 0.675. The van der Waals surface area contributed by atoms with Crippen LogP contribution in [-0.4, -0.2) is 12.1 Å². The van der Waals surface area contributed by atoms with E-state index in [0.717, 1.165) is 6.54 Å². The van der Waals surface area contributed by atoms with Crippen LogP contribution in [0.5, 0.6) is 0 Å². The van der Waals surface area contributed by atoms with Crippen molar-refractivity contribution in [2.75, 3.05) is 6.54 Å². The summed E-state index contributed by atoms with van der Waals surface area (Å²) in [5.41, 5.74) is 1.79. The molecule has 78 valence electrons. The fraction of sp³-hybridized carbons (Fsp3) is 0.385. The Hall–Kier alpha value is -0.860. The molecule has 0 bridgehead atoms. The van der Waals surface area contributed by atoms with E-state index in [4.69, 9.17) is 0 Å². The molecule has 1 atom stereocenters. The van der Waals surface area contributed by atoms with Gasteiger partial charge in [0.05, 0.1) is 0 Å². The summed E-state index contributed by atoms with van der Waals surface area (Å²) in [6.45, 7) is 5.69. The largest absolute Gasteiger partial charge is 0.310 e. The van der Waals surface area contributed by atoms with Crippen LogP contribution in [0.15, 0.2) is 29.6 Å². The Labute approximate surface area is 94.1 Å². The summed E-state index contributed by atoms with van der Waals surface area (Å²) in [6, 6.07) is 8.71. The highest BCUT2D eigenvalue weighted by atomic mass is 32.1. The third-order valence-electron chi connectivity index (χ3n) is 3.52. The minimum atomic E-state index is 0.268. The highest BCUT2D eigenvalue weighted by Crippen LogP contribution is 2.40. The Bertz CT molecular complexity index is 498. The zero-order valence-electron chi connectivity index (χ0n) is 9.08. The van der Waals surface area contributed by atoms with E-state index in [1.54, 1.807) is 0 Å². The van der Waals surface area contributed by atoms with Gasteiger partial charge in [0.25, 0.3) is 0 Å². The summed E-state index contributed by atoms with van der Waals surface area (Å²) < 4.78 is 1.41. The van der Waals surface area contributed by atoms with Gasteiger partial charge in [-0.25, -0.2) is 0 Å². The molecule has 0 spiro atoms. The zero-order valence-corrected chi connectivity index (χ0v) is 9.90. The molecular formula is C13H15NS. The molecule has 1 aromatic heterocycles. The highest BCUT2D eigenvalue weighted by molar-refractivity contribution is 7.17. The molecular weight excluding hydrogens is 202 g/mol. The average molecular weight is 217 g/mol. The third kappa shape index (κ3) is 1.32. The fourth-order valence-corrected chi connectivity index (χ4v) is 3.39. The second-order valence-corrected chi connectivity index (χ2v) is 5.75. The number of fused-ring (bicyclic) bond motifs is 1. The van der Waals surface area contributed by atoms with Gasteiger partial charge in [-0.2, -0.15) is 0 Å². The molecule has 1 N–H and O–H groups in total. The summed E-state index contributed by atoms with van der Waals surface area (Å²) in [6.07, 6.45) is 0. The average Bonchev–Trinajstić information content (AvgIpc) is 2.61. The van der Waals surface area contributed by atoms with Gasteiger partial charge in [-0.05, 0) is 36.2 Å². The van der Waals surface area contributed by atoms with Crippen molar-refractivity contribution in [2.24, 2.45) is 0 Å². The van der Waals surface area contributed by atoms with Crippen LogP contribution in [-0.2, 0) is 0 Å². The molecule has 0 amide bonds.